The van der Waals surface area contributed by atoms with Gasteiger partial charge in [0.1, 0.15) is 0 Å². The van der Waals surface area contributed by atoms with Crippen LogP contribution in [-0.2, 0) is 26.2 Å². The topological polar surface area (TPSA) is 60.0 Å². The number of aryl methyl sites for hydroxylation is 1. The average Bonchev–Trinajstić information content (AvgIpc) is 3.05. The molecule has 0 bridgehead atoms. The molecule has 0 radical (unpaired) electrons. The molecule has 0 amide bonds. The lowest BCUT2D eigenvalue weighted by Crippen LogP contribution is -2.43. The second-order valence-corrected chi connectivity index (χ2v) is 7.33. The van der Waals surface area contributed by atoms with Gasteiger partial charge in [-0.05, 0) is 19.9 Å². The molecule has 3 aliphatic heterocycles. The van der Waals surface area contributed by atoms with Gasteiger partial charge >= 0.3 is 0 Å². The van der Waals surface area contributed by atoms with Crippen molar-refractivity contribution < 1.29 is 14.2 Å². The highest BCUT2D eigenvalue weighted by atomic mass is 16.5. The lowest BCUT2D eigenvalue weighted by atomic mass is 9.80. The summed E-state index contributed by atoms with van der Waals surface area (Å²) in [5.74, 6) is 0.858. The summed E-state index contributed by atoms with van der Waals surface area (Å²) in [5.41, 5.74) is 3.46. The standard InChI is InChI=1S/C18H28N4O3/c1-14-15-11-25-13-18(3-4-21(12-18)5-8-23-2)16(15)20-17(19-14)22-6-9-24-10-7-22/h3-13H2,1-2H3/t18-/m0/s1. The van der Waals surface area contributed by atoms with Gasteiger partial charge in [-0.2, -0.15) is 0 Å². The van der Waals surface area contributed by atoms with Gasteiger partial charge in [0.2, 0.25) is 5.95 Å². The minimum absolute atomic E-state index is 0.00391. The molecule has 4 heterocycles. The third-order valence-electron chi connectivity index (χ3n) is 5.67. The Morgan fingerprint density at radius 2 is 2.00 bits per heavy atom. The summed E-state index contributed by atoms with van der Waals surface area (Å²) in [6, 6.07) is 0. The van der Waals surface area contributed by atoms with Crippen LogP contribution in [0.25, 0.3) is 0 Å². The fourth-order valence-corrected chi connectivity index (χ4v) is 4.19. The zero-order valence-electron chi connectivity index (χ0n) is 15.3. The van der Waals surface area contributed by atoms with Crippen molar-refractivity contribution in [1.82, 2.24) is 14.9 Å². The summed E-state index contributed by atoms with van der Waals surface area (Å²) in [7, 11) is 1.76. The van der Waals surface area contributed by atoms with Crippen LogP contribution in [0.5, 0.6) is 0 Å². The minimum atomic E-state index is -0.00391. The molecule has 0 unspecified atom stereocenters. The monoisotopic (exact) mass is 348 g/mol. The van der Waals surface area contributed by atoms with E-state index in [2.05, 4.69) is 16.7 Å². The number of likely N-dealkylation sites (tertiary alicyclic amines) is 1. The number of rotatable bonds is 4. The molecule has 0 saturated carbocycles. The van der Waals surface area contributed by atoms with E-state index in [4.69, 9.17) is 24.2 Å². The quantitative estimate of drug-likeness (QED) is 0.795. The molecule has 138 valence electrons. The molecule has 4 rings (SSSR count). The fraction of sp³-hybridized carbons (Fsp3) is 0.778. The molecule has 1 aromatic rings. The summed E-state index contributed by atoms with van der Waals surface area (Å²) in [5, 5.41) is 0. The number of anilines is 1. The van der Waals surface area contributed by atoms with Gasteiger partial charge in [-0.25, -0.2) is 9.97 Å². The Labute approximate surface area is 149 Å². The third-order valence-corrected chi connectivity index (χ3v) is 5.67. The molecule has 25 heavy (non-hydrogen) atoms. The van der Waals surface area contributed by atoms with E-state index in [1.54, 1.807) is 7.11 Å². The third kappa shape index (κ3) is 3.26. The first-order valence-electron chi connectivity index (χ1n) is 9.22. The van der Waals surface area contributed by atoms with Gasteiger partial charge in [-0.15, -0.1) is 0 Å². The lowest BCUT2D eigenvalue weighted by molar-refractivity contribution is 0.0486. The van der Waals surface area contributed by atoms with Crippen LogP contribution in [0.15, 0.2) is 0 Å². The van der Waals surface area contributed by atoms with Crippen molar-refractivity contribution in [1.29, 1.82) is 0 Å². The summed E-state index contributed by atoms with van der Waals surface area (Å²) in [6.07, 6.45) is 1.09. The molecule has 7 nitrogen and oxygen atoms in total. The maximum absolute atomic E-state index is 5.98. The first kappa shape index (κ1) is 17.1. The number of hydrogen-bond acceptors (Lipinski definition) is 7. The highest BCUT2D eigenvalue weighted by molar-refractivity contribution is 5.42. The normalized spacial score (nSPS) is 27.0. The number of methoxy groups -OCH3 is 1. The molecule has 1 spiro atoms. The van der Waals surface area contributed by atoms with E-state index < -0.39 is 0 Å². The molecular formula is C18H28N4O3. The number of ether oxygens (including phenoxy) is 3. The van der Waals surface area contributed by atoms with Crippen molar-refractivity contribution in [3.05, 3.63) is 17.0 Å². The summed E-state index contributed by atoms with van der Waals surface area (Å²) in [6.45, 7) is 10.5. The Balaban J connectivity index is 1.64. The number of aromatic nitrogens is 2. The van der Waals surface area contributed by atoms with Crippen LogP contribution < -0.4 is 4.90 Å². The van der Waals surface area contributed by atoms with Crippen molar-refractivity contribution in [2.24, 2.45) is 0 Å². The highest BCUT2D eigenvalue weighted by Gasteiger charge is 2.45. The van der Waals surface area contributed by atoms with Crippen molar-refractivity contribution >= 4 is 5.95 Å². The summed E-state index contributed by atoms with van der Waals surface area (Å²) < 4.78 is 16.7. The predicted octanol–water partition coefficient (Wildman–Crippen LogP) is 0.742. The second-order valence-electron chi connectivity index (χ2n) is 7.33. The van der Waals surface area contributed by atoms with E-state index in [-0.39, 0.29) is 5.41 Å². The van der Waals surface area contributed by atoms with Gasteiger partial charge in [0.15, 0.2) is 0 Å². The first-order chi connectivity index (χ1) is 12.2. The zero-order valence-corrected chi connectivity index (χ0v) is 15.3. The second kappa shape index (κ2) is 7.15. The van der Waals surface area contributed by atoms with Crippen molar-refractivity contribution in [2.45, 2.75) is 25.4 Å². The van der Waals surface area contributed by atoms with Gasteiger partial charge in [-0.1, -0.05) is 0 Å². The highest BCUT2D eigenvalue weighted by Crippen LogP contribution is 2.40. The molecule has 0 aromatic carbocycles. The Hall–Kier alpha value is -1.28. The molecule has 7 heteroatoms. The van der Waals surface area contributed by atoms with Gasteiger partial charge in [-0.3, -0.25) is 4.90 Å². The van der Waals surface area contributed by atoms with Crippen molar-refractivity contribution in [3.63, 3.8) is 0 Å². The van der Waals surface area contributed by atoms with Crippen molar-refractivity contribution in [2.75, 3.05) is 71.2 Å². The van der Waals surface area contributed by atoms with Crippen LogP contribution in [0.3, 0.4) is 0 Å². The molecule has 1 atom stereocenters. The van der Waals surface area contributed by atoms with Crippen LogP contribution >= 0.6 is 0 Å². The van der Waals surface area contributed by atoms with E-state index >= 15 is 0 Å². The number of morpholine rings is 1. The maximum Gasteiger partial charge on any atom is 0.225 e. The summed E-state index contributed by atoms with van der Waals surface area (Å²) >= 11 is 0. The molecule has 1 aromatic heterocycles. The van der Waals surface area contributed by atoms with Gasteiger partial charge in [0.05, 0.1) is 44.1 Å². The van der Waals surface area contributed by atoms with E-state index in [0.717, 1.165) is 77.2 Å². The van der Waals surface area contributed by atoms with Crippen LogP contribution in [0.2, 0.25) is 0 Å². The van der Waals surface area contributed by atoms with E-state index in [9.17, 15) is 0 Å². The smallest absolute Gasteiger partial charge is 0.225 e. The van der Waals surface area contributed by atoms with Crippen LogP contribution in [0.4, 0.5) is 5.95 Å². The fourth-order valence-electron chi connectivity index (χ4n) is 4.19. The molecule has 2 fully saturated rings. The Morgan fingerprint density at radius 1 is 1.16 bits per heavy atom. The maximum atomic E-state index is 5.98. The van der Waals surface area contributed by atoms with Crippen LogP contribution in [-0.4, -0.2) is 81.1 Å². The Morgan fingerprint density at radius 3 is 2.80 bits per heavy atom. The van der Waals surface area contributed by atoms with Crippen LogP contribution in [0, 0.1) is 6.92 Å². The number of hydrogen-bond donors (Lipinski definition) is 0. The molecule has 2 saturated heterocycles. The SMILES string of the molecule is COCCN1CC[C@@]2(COCc3c(C)nc(N4CCOCC4)nc32)C1. The minimum Gasteiger partial charge on any atom is -0.383 e. The lowest BCUT2D eigenvalue weighted by Gasteiger charge is -2.36. The predicted molar refractivity (Wildman–Crippen MR) is 94.1 cm³/mol. The van der Waals surface area contributed by atoms with Gasteiger partial charge < -0.3 is 19.1 Å². The summed E-state index contributed by atoms with van der Waals surface area (Å²) in [4.78, 5) is 14.6. The van der Waals surface area contributed by atoms with E-state index in [1.807, 2.05) is 0 Å². The van der Waals surface area contributed by atoms with E-state index in [0.29, 0.717) is 6.61 Å². The molecule has 0 N–H and O–H groups in total. The number of nitrogens with zero attached hydrogens (tertiary/aromatic N) is 4. The van der Waals surface area contributed by atoms with Gasteiger partial charge in [0, 0.05) is 44.5 Å². The molecule has 3 aliphatic rings. The first-order valence-corrected chi connectivity index (χ1v) is 9.22. The van der Waals surface area contributed by atoms with E-state index in [1.165, 1.54) is 11.3 Å². The molecular weight excluding hydrogens is 320 g/mol. The Kier molecular flexibility index (Phi) is 4.90. The Bertz CT molecular complexity index is 621. The largest absolute Gasteiger partial charge is 0.383 e. The molecule has 0 aliphatic carbocycles. The van der Waals surface area contributed by atoms with Crippen LogP contribution in [0.1, 0.15) is 23.4 Å². The van der Waals surface area contributed by atoms with Crippen molar-refractivity contribution in [3.8, 4) is 0 Å². The number of fused-ring (bicyclic) bond motifs is 2. The average molecular weight is 348 g/mol. The zero-order chi connectivity index (χ0) is 17.3. The van der Waals surface area contributed by atoms with Gasteiger partial charge in [0.25, 0.3) is 0 Å².